The molecule has 160 valence electrons. The fourth-order valence-corrected chi connectivity index (χ4v) is 4.56. The molecule has 9 nitrogen and oxygen atoms in total. The van der Waals surface area contributed by atoms with Gasteiger partial charge in [0.2, 0.25) is 11.0 Å². The van der Waals surface area contributed by atoms with Crippen LogP contribution < -0.4 is 16.0 Å². The smallest absolute Gasteiger partial charge is 0.337 e. The van der Waals surface area contributed by atoms with Crippen LogP contribution in [0.5, 0.6) is 0 Å². The fourth-order valence-electron chi connectivity index (χ4n) is 3.02. The number of aromatic nitrogens is 2. The molecule has 1 aromatic carbocycles. The average Bonchev–Trinajstić information content (AvgIpc) is 3.20. The molecule has 3 N–H and O–H groups in total. The molecule has 0 aliphatic heterocycles. The number of esters is 1. The van der Waals surface area contributed by atoms with E-state index in [0.29, 0.717) is 20.7 Å². The van der Waals surface area contributed by atoms with Gasteiger partial charge in [-0.1, -0.05) is 42.4 Å². The molecule has 11 heteroatoms. The number of hydrogen-bond acceptors (Lipinski definition) is 8. The highest BCUT2D eigenvalue weighted by molar-refractivity contribution is 8.01. The second-order valence-corrected chi connectivity index (χ2v) is 8.91. The van der Waals surface area contributed by atoms with Crippen molar-refractivity contribution in [3.8, 4) is 0 Å². The minimum atomic E-state index is -0.434. The Bertz CT molecular complexity index is 881. The van der Waals surface area contributed by atoms with Crippen LogP contribution >= 0.6 is 23.1 Å². The van der Waals surface area contributed by atoms with Crippen molar-refractivity contribution in [1.82, 2.24) is 15.5 Å². The number of urea groups is 1. The van der Waals surface area contributed by atoms with Gasteiger partial charge in [0.25, 0.3) is 0 Å². The fraction of sp³-hybridized carbons (Fsp3) is 0.421. The van der Waals surface area contributed by atoms with Gasteiger partial charge in [0, 0.05) is 11.7 Å². The molecule has 1 aliphatic rings. The second-order valence-electron chi connectivity index (χ2n) is 6.71. The molecule has 0 spiro atoms. The molecule has 0 radical (unpaired) electrons. The minimum Gasteiger partial charge on any atom is -0.465 e. The van der Waals surface area contributed by atoms with Crippen molar-refractivity contribution in [2.45, 2.75) is 42.5 Å². The Labute approximate surface area is 182 Å². The standard InChI is InChI=1S/C19H23N5O4S2/c1-28-16(26)12-7-9-14(10-8-12)20-15(25)11-29-19-24-23-18(30-19)22-17(27)21-13-5-3-2-4-6-13/h7-10,13H,2-6,11H2,1H3,(H,20,25)(H2,21,22,23,27). The molecular weight excluding hydrogens is 426 g/mol. The molecular formula is C19H23N5O4S2. The van der Waals surface area contributed by atoms with Crippen LogP contribution in [0.15, 0.2) is 28.6 Å². The SMILES string of the molecule is COC(=O)c1ccc(NC(=O)CSc2nnc(NC(=O)NC3CCCCC3)s2)cc1. The third kappa shape index (κ3) is 6.70. The molecule has 0 saturated heterocycles. The van der Waals surface area contributed by atoms with Gasteiger partial charge in [-0.15, -0.1) is 10.2 Å². The number of carbonyl (C=O) groups excluding carboxylic acids is 3. The first kappa shape index (κ1) is 22.0. The number of carbonyl (C=O) groups is 3. The number of benzene rings is 1. The number of nitrogens with zero attached hydrogens (tertiary/aromatic N) is 2. The van der Waals surface area contributed by atoms with Gasteiger partial charge in [-0.05, 0) is 37.1 Å². The van der Waals surface area contributed by atoms with Gasteiger partial charge in [-0.25, -0.2) is 9.59 Å². The number of thioether (sulfide) groups is 1. The van der Waals surface area contributed by atoms with E-state index in [-0.39, 0.29) is 23.7 Å². The predicted octanol–water partition coefficient (Wildman–Crippen LogP) is 3.51. The lowest BCUT2D eigenvalue weighted by molar-refractivity contribution is -0.113. The third-order valence-corrected chi connectivity index (χ3v) is 6.46. The van der Waals surface area contributed by atoms with E-state index in [1.807, 2.05) is 0 Å². The van der Waals surface area contributed by atoms with Gasteiger partial charge in [-0.2, -0.15) is 0 Å². The van der Waals surface area contributed by atoms with E-state index in [9.17, 15) is 14.4 Å². The summed E-state index contributed by atoms with van der Waals surface area (Å²) in [6.07, 6.45) is 5.52. The third-order valence-electron chi connectivity index (χ3n) is 4.48. The lowest BCUT2D eigenvalue weighted by Gasteiger charge is -2.22. The van der Waals surface area contributed by atoms with Gasteiger partial charge in [0.15, 0.2) is 4.34 Å². The Balaban J connectivity index is 1.41. The van der Waals surface area contributed by atoms with Gasteiger partial charge in [0.1, 0.15) is 0 Å². The van der Waals surface area contributed by atoms with Crippen LogP contribution in [0.2, 0.25) is 0 Å². The summed E-state index contributed by atoms with van der Waals surface area (Å²) < 4.78 is 5.22. The Kier molecular flexibility index (Phi) is 8.03. The van der Waals surface area contributed by atoms with Crippen LogP contribution in [0.3, 0.4) is 0 Å². The van der Waals surface area contributed by atoms with Crippen molar-refractivity contribution in [1.29, 1.82) is 0 Å². The summed E-state index contributed by atoms with van der Waals surface area (Å²) >= 11 is 2.45. The number of rotatable bonds is 7. The van der Waals surface area contributed by atoms with E-state index in [1.54, 1.807) is 24.3 Å². The van der Waals surface area contributed by atoms with Crippen LogP contribution in [0, 0.1) is 0 Å². The van der Waals surface area contributed by atoms with Crippen molar-refractivity contribution in [2.75, 3.05) is 23.5 Å². The highest BCUT2D eigenvalue weighted by atomic mass is 32.2. The van der Waals surface area contributed by atoms with E-state index >= 15 is 0 Å². The second kappa shape index (κ2) is 10.9. The average molecular weight is 450 g/mol. The van der Waals surface area contributed by atoms with Crippen molar-refractivity contribution in [3.05, 3.63) is 29.8 Å². The Hall–Kier alpha value is -2.66. The quantitative estimate of drug-likeness (QED) is 0.336. The van der Waals surface area contributed by atoms with E-state index < -0.39 is 5.97 Å². The Morgan fingerprint density at radius 2 is 1.83 bits per heavy atom. The maximum Gasteiger partial charge on any atom is 0.337 e. The van der Waals surface area contributed by atoms with Gasteiger partial charge >= 0.3 is 12.0 Å². The molecule has 1 saturated carbocycles. The zero-order chi connectivity index (χ0) is 21.3. The molecule has 0 atom stereocenters. The van der Waals surface area contributed by atoms with E-state index in [2.05, 4.69) is 30.9 Å². The largest absolute Gasteiger partial charge is 0.465 e. The van der Waals surface area contributed by atoms with Crippen LogP contribution in [0.4, 0.5) is 15.6 Å². The monoisotopic (exact) mass is 449 g/mol. The van der Waals surface area contributed by atoms with Gasteiger partial charge in [-0.3, -0.25) is 10.1 Å². The summed E-state index contributed by atoms with van der Waals surface area (Å²) in [4.78, 5) is 35.6. The molecule has 1 fully saturated rings. The molecule has 30 heavy (non-hydrogen) atoms. The molecule has 0 bridgehead atoms. The normalized spacial score (nSPS) is 14.0. The first-order valence-electron chi connectivity index (χ1n) is 9.55. The van der Waals surface area contributed by atoms with Crippen LogP contribution in [0.1, 0.15) is 42.5 Å². The molecule has 0 unspecified atom stereocenters. The summed E-state index contributed by atoms with van der Waals surface area (Å²) in [6.45, 7) is 0. The summed E-state index contributed by atoms with van der Waals surface area (Å²) in [5, 5.41) is 16.7. The first-order chi connectivity index (χ1) is 14.5. The van der Waals surface area contributed by atoms with E-state index in [4.69, 9.17) is 0 Å². The zero-order valence-electron chi connectivity index (χ0n) is 16.5. The summed E-state index contributed by atoms with van der Waals surface area (Å²) in [5.41, 5.74) is 0.985. The molecule has 1 aromatic heterocycles. The highest BCUT2D eigenvalue weighted by Gasteiger charge is 2.17. The lowest BCUT2D eigenvalue weighted by Crippen LogP contribution is -2.38. The molecule has 1 heterocycles. The maximum absolute atomic E-state index is 12.1. The topological polar surface area (TPSA) is 122 Å². The number of hydrogen-bond donors (Lipinski definition) is 3. The van der Waals surface area contributed by atoms with Gasteiger partial charge in [0.05, 0.1) is 18.4 Å². The number of nitrogens with one attached hydrogen (secondary N) is 3. The van der Waals surface area contributed by atoms with Crippen LogP contribution in [-0.2, 0) is 9.53 Å². The van der Waals surface area contributed by atoms with Crippen molar-refractivity contribution in [2.24, 2.45) is 0 Å². The number of methoxy groups -OCH3 is 1. The van der Waals surface area contributed by atoms with Crippen LogP contribution in [-0.4, -0.2) is 47.0 Å². The van der Waals surface area contributed by atoms with Crippen molar-refractivity contribution in [3.63, 3.8) is 0 Å². The van der Waals surface area contributed by atoms with Crippen LogP contribution in [0.25, 0.3) is 0 Å². The highest BCUT2D eigenvalue weighted by Crippen LogP contribution is 2.26. The molecule has 2 aromatic rings. The van der Waals surface area contributed by atoms with Crippen molar-refractivity contribution >= 4 is 51.8 Å². The van der Waals surface area contributed by atoms with E-state index in [0.717, 1.165) is 25.7 Å². The lowest BCUT2D eigenvalue weighted by atomic mass is 9.96. The Morgan fingerprint density at radius 3 is 2.53 bits per heavy atom. The molecule has 3 rings (SSSR count). The number of ether oxygens (including phenoxy) is 1. The molecule has 1 aliphatic carbocycles. The predicted molar refractivity (Wildman–Crippen MR) is 116 cm³/mol. The van der Waals surface area contributed by atoms with E-state index in [1.165, 1.54) is 36.6 Å². The maximum atomic E-state index is 12.1. The summed E-state index contributed by atoms with van der Waals surface area (Å²) in [7, 11) is 1.31. The summed E-state index contributed by atoms with van der Waals surface area (Å²) in [6, 6.07) is 6.36. The first-order valence-corrected chi connectivity index (χ1v) is 11.4. The summed E-state index contributed by atoms with van der Waals surface area (Å²) in [5.74, 6) is -0.510. The number of amides is 3. The van der Waals surface area contributed by atoms with Crippen molar-refractivity contribution < 1.29 is 19.1 Å². The van der Waals surface area contributed by atoms with Gasteiger partial charge < -0.3 is 15.4 Å². The number of anilines is 2. The molecule has 3 amide bonds. The minimum absolute atomic E-state index is 0.141. The Morgan fingerprint density at radius 1 is 1.10 bits per heavy atom. The zero-order valence-corrected chi connectivity index (χ0v) is 18.1.